The number of hydrogen-bond donors (Lipinski definition) is 2. The van der Waals surface area contributed by atoms with Gasteiger partial charge in [-0.05, 0) is 36.6 Å². The van der Waals surface area contributed by atoms with E-state index < -0.39 is 21.1 Å². The molecule has 1 heterocycles. The molecule has 4 rings (SSSR count). The lowest BCUT2D eigenvalue weighted by atomic mass is 10.0. The number of benzene rings is 2. The minimum atomic E-state index is -3.53. The highest BCUT2D eigenvalue weighted by Crippen LogP contribution is 2.33. The maximum absolute atomic E-state index is 14.9. The second-order valence-corrected chi connectivity index (χ2v) is 9.79. The van der Waals surface area contributed by atoms with Crippen LogP contribution in [-0.2, 0) is 10.0 Å². The molecule has 8 heteroatoms. The Balaban J connectivity index is 1.64. The Kier molecular flexibility index (Phi) is 6.18. The molecule has 6 nitrogen and oxygen atoms in total. The van der Waals surface area contributed by atoms with E-state index >= 15 is 0 Å². The lowest BCUT2D eigenvalue weighted by molar-refractivity contribution is 0.568. The van der Waals surface area contributed by atoms with Crippen molar-refractivity contribution in [3.63, 3.8) is 0 Å². The standard InChI is InChI=1S/C23H25FN4O2S/c24-20-13-16(11-12-19(20)22-14-27-23(25)15-26-22)18-9-5-6-10-21(18)28-31(29,30)17-7-3-1-2-4-8-17/h5-6,9-15,17,28H,1-4,7-8H2,(H2,25,27). The number of rotatable bonds is 5. The van der Waals surface area contributed by atoms with Crippen LogP contribution >= 0.6 is 0 Å². The van der Waals surface area contributed by atoms with Gasteiger partial charge in [0.25, 0.3) is 0 Å². The van der Waals surface area contributed by atoms with E-state index in [0.29, 0.717) is 40.9 Å². The van der Waals surface area contributed by atoms with Gasteiger partial charge in [0.05, 0.1) is 29.0 Å². The highest BCUT2D eigenvalue weighted by Gasteiger charge is 2.27. The van der Waals surface area contributed by atoms with Crippen LogP contribution in [0.3, 0.4) is 0 Å². The number of para-hydroxylation sites is 1. The Morgan fingerprint density at radius 3 is 2.35 bits per heavy atom. The molecule has 1 saturated carbocycles. The van der Waals surface area contributed by atoms with E-state index in [9.17, 15) is 12.8 Å². The van der Waals surface area contributed by atoms with Gasteiger partial charge >= 0.3 is 0 Å². The van der Waals surface area contributed by atoms with Crippen molar-refractivity contribution >= 4 is 21.5 Å². The third kappa shape index (κ3) is 4.85. The Bertz CT molecular complexity index is 1160. The molecule has 0 bridgehead atoms. The van der Waals surface area contributed by atoms with Gasteiger partial charge in [0, 0.05) is 11.1 Å². The Morgan fingerprint density at radius 1 is 0.935 bits per heavy atom. The van der Waals surface area contributed by atoms with Gasteiger partial charge < -0.3 is 5.73 Å². The molecule has 0 unspecified atom stereocenters. The van der Waals surface area contributed by atoms with Crippen molar-refractivity contribution in [2.24, 2.45) is 0 Å². The van der Waals surface area contributed by atoms with E-state index in [-0.39, 0.29) is 5.82 Å². The molecule has 0 aliphatic heterocycles. The molecule has 0 spiro atoms. The number of aromatic nitrogens is 2. The summed E-state index contributed by atoms with van der Waals surface area (Å²) in [5, 5.41) is -0.397. The Morgan fingerprint density at radius 2 is 1.68 bits per heavy atom. The van der Waals surface area contributed by atoms with Gasteiger partial charge in [0.1, 0.15) is 11.6 Å². The van der Waals surface area contributed by atoms with Crippen molar-refractivity contribution in [2.75, 3.05) is 10.5 Å². The van der Waals surface area contributed by atoms with E-state index in [0.717, 1.165) is 25.7 Å². The zero-order valence-electron chi connectivity index (χ0n) is 17.1. The van der Waals surface area contributed by atoms with Crippen molar-refractivity contribution in [1.29, 1.82) is 0 Å². The SMILES string of the molecule is Nc1cnc(-c2ccc(-c3ccccc3NS(=O)(=O)C3CCCCCC3)cc2F)cn1. The fraction of sp³-hybridized carbons (Fsp3) is 0.304. The van der Waals surface area contributed by atoms with Gasteiger partial charge in [0.15, 0.2) is 0 Å². The van der Waals surface area contributed by atoms with E-state index in [1.807, 2.05) is 0 Å². The zero-order valence-corrected chi connectivity index (χ0v) is 17.9. The summed E-state index contributed by atoms with van der Waals surface area (Å²) in [6.45, 7) is 0. The first-order valence-electron chi connectivity index (χ1n) is 10.4. The fourth-order valence-corrected chi connectivity index (χ4v) is 5.59. The van der Waals surface area contributed by atoms with Crippen LogP contribution in [0.4, 0.5) is 15.9 Å². The smallest absolute Gasteiger partial charge is 0.235 e. The number of halogens is 1. The van der Waals surface area contributed by atoms with Crippen molar-refractivity contribution in [3.8, 4) is 22.4 Å². The Labute approximate surface area is 181 Å². The maximum atomic E-state index is 14.9. The number of sulfonamides is 1. The molecule has 1 aromatic heterocycles. The van der Waals surface area contributed by atoms with Crippen LogP contribution in [0, 0.1) is 5.82 Å². The van der Waals surface area contributed by atoms with E-state index in [4.69, 9.17) is 5.73 Å². The minimum Gasteiger partial charge on any atom is -0.382 e. The number of nitrogen functional groups attached to an aromatic ring is 1. The molecule has 162 valence electrons. The van der Waals surface area contributed by atoms with Crippen molar-refractivity contribution < 1.29 is 12.8 Å². The minimum absolute atomic E-state index is 0.260. The van der Waals surface area contributed by atoms with E-state index in [2.05, 4.69) is 14.7 Å². The molecular weight excluding hydrogens is 415 g/mol. The maximum Gasteiger partial charge on any atom is 0.235 e. The van der Waals surface area contributed by atoms with Crippen LogP contribution in [0.2, 0.25) is 0 Å². The van der Waals surface area contributed by atoms with Gasteiger partial charge in [-0.1, -0.05) is 49.9 Å². The molecule has 0 saturated heterocycles. The predicted octanol–water partition coefficient (Wildman–Crippen LogP) is 5.00. The zero-order chi connectivity index (χ0) is 21.8. The summed E-state index contributed by atoms with van der Waals surface area (Å²) in [6.07, 6.45) is 8.14. The summed E-state index contributed by atoms with van der Waals surface area (Å²) in [7, 11) is -3.53. The van der Waals surface area contributed by atoms with Crippen molar-refractivity contribution in [3.05, 3.63) is 60.7 Å². The summed E-state index contributed by atoms with van der Waals surface area (Å²) >= 11 is 0. The molecule has 3 N–H and O–H groups in total. The molecule has 2 aromatic carbocycles. The lowest BCUT2D eigenvalue weighted by Gasteiger charge is -2.19. The summed E-state index contributed by atoms with van der Waals surface area (Å²) in [6, 6.07) is 11.8. The summed E-state index contributed by atoms with van der Waals surface area (Å²) in [4.78, 5) is 8.07. The van der Waals surface area contributed by atoms with Gasteiger partial charge in [-0.3, -0.25) is 9.71 Å². The third-order valence-corrected chi connectivity index (χ3v) is 7.50. The number of nitrogens with two attached hydrogens (primary N) is 1. The Hall–Kier alpha value is -3.00. The first-order valence-corrected chi connectivity index (χ1v) is 12.0. The van der Waals surface area contributed by atoms with Crippen LogP contribution in [0.15, 0.2) is 54.9 Å². The van der Waals surface area contributed by atoms with Crippen LogP contribution in [-0.4, -0.2) is 23.6 Å². The number of hydrogen-bond acceptors (Lipinski definition) is 5. The van der Waals surface area contributed by atoms with Gasteiger partial charge in [-0.2, -0.15) is 0 Å². The largest absolute Gasteiger partial charge is 0.382 e. The van der Waals surface area contributed by atoms with Gasteiger partial charge in [-0.25, -0.2) is 17.8 Å². The highest BCUT2D eigenvalue weighted by molar-refractivity contribution is 7.93. The fourth-order valence-electron chi connectivity index (χ4n) is 3.98. The summed E-state index contributed by atoms with van der Waals surface area (Å²) in [5.74, 6) is -0.214. The van der Waals surface area contributed by atoms with E-state index in [1.165, 1.54) is 18.5 Å². The van der Waals surface area contributed by atoms with Crippen LogP contribution in [0.25, 0.3) is 22.4 Å². The van der Waals surface area contributed by atoms with Gasteiger partial charge in [0.2, 0.25) is 10.0 Å². The second-order valence-electron chi connectivity index (χ2n) is 7.83. The van der Waals surface area contributed by atoms with Crippen LogP contribution in [0.5, 0.6) is 0 Å². The number of anilines is 2. The molecule has 31 heavy (non-hydrogen) atoms. The van der Waals surface area contributed by atoms with Crippen molar-refractivity contribution in [1.82, 2.24) is 9.97 Å². The molecule has 1 fully saturated rings. The number of nitrogens with one attached hydrogen (secondary N) is 1. The summed E-state index contributed by atoms with van der Waals surface area (Å²) < 4.78 is 43.7. The molecule has 0 atom stereocenters. The average Bonchev–Trinajstić information content (AvgIpc) is 3.05. The average molecular weight is 441 g/mol. The molecule has 1 aliphatic carbocycles. The second kappa shape index (κ2) is 9.01. The van der Waals surface area contributed by atoms with Crippen LogP contribution < -0.4 is 10.5 Å². The topological polar surface area (TPSA) is 98.0 Å². The predicted molar refractivity (Wildman–Crippen MR) is 121 cm³/mol. The number of nitrogens with zero attached hydrogens (tertiary/aromatic N) is 2. The third-order valence-electron chi connectivity index (χ3n) is 5.65. The molecule has 3 aromatic rings. The normalized spacial score (nSPS) is 15.4. The lowest BCUT2D eigenvalue weighted by Crippen LogP contribution is -2.27. The molecule has 1 aliphatic rings. The quantitative estimate of drug-likeness (QED) is 0.544. The molecule has 0 amide bonds. The van der Waals surface area contributed by atoms with Crippen molar-refractivity contribution in [2.45, 2.75) is 43.8 Å². The molecular formula is C23H25FN4O2S. The van der Waals surface area contributed by atoms with Gasteiger partial charge in [-0.15, -0.1) is 0 Å². The van der Waals surface area contributed by atoms with Crippen LogP contribution in [0.1, 0.15) is 38.5 Å². The monoisotopic (exact) mass is 440 g/mol. The first-order chi connectivity index (χ1) is 14.9. The summed E-state index contributed by atoms with van der Waals surface area (Å²) in [5.41, 5.74) is 7.87. The van der Waals surface area contributed by atoms with E-state index in [1.54, 1.807) is 36.4 Å². The first kappa shape index (κ1) is 21.2. The highest BCUT2D eigenvalue weighted by atomic mass is 32.2. The molecule has 0 radical (unpaired) electrons.